The predicted molar refractivity (Wildman–Crippen MR) is 104 cm³/mol. The Hall–Kier alpha value is -3.55. The van der Waals surface area contributed by atoms with Gasteiger partial charge in [0.2, 0.25) is 11.9 Å². The number of nitrogens with zero attached hydrogens (tertiary/aromatic N) is 3. The van der Waals surface area contributed by atoms with Gasteiger partial charge in [-0.1, -0.05) is 30.3 Å². The highest BCUT2D eigenvalue weighted by Gasteiger charge is 2.24. The molecule has 8 nitrogen and oxygen atoms in total. The van der Waals surface area contributed by atoms with Crippen LogP contribution in [0.4, 0.5) is 5.95 Å². The van der Waals surface area contributed by atoms with Gasteiger partial charge in [0.1, 0.15) is 0 Å². The van der Waals surface area contributed by atoms with Crippen molar-refractivity contribution in [2.45, 2.75) is 31.7 Å². The molecule has 3 aromatic rings. The molecule has 0 saturated carbocycles. The summed E-state index contributed by atoms with van der Waals surface area (Å²) in [5.41, 5.74) is 8.36. The molecular formula is C20H20N6O2. The second kappa shape index (κ2) is 7.59. The molecule has 4 rings (SSSR count). The Balaban J connectivity index is 1.51. The molecular weight excluding hydrogens is 356 g/mol. The molecule has 1 aliphatic rings. The highest BCUT2D eigenvalue weighted by Crippen LogP contribution is 2.29. The molecule has 0 fully saturated rings. The summed E-state index contributed by atoms with van der Waals surface area (Å²) in [5.74, 6) is 0.470. The van der Waals surface area contributed by atoms with E-state index in [0.29, 0.717) is 11.5 Å². The standard InChI is InChI=1S/C20H20N6O2/c21-20-23-13(10-18(28)26-20)9-17(27)24-15-7-4-8-16-14(15)11-22-19(25-16)12-5-2-1-3-6-12/h1-3,5-6,10-11,15H,4,7-9H2,(H,24,27)(H3,21,23,26,28). The number of hydrogen-bond acceptors (Lipinski definition) is 6. The molecule has 2 heterocycles. The minimum Gasteiger partial charge on any atom is -0.369 e. The lowest BCUT2D eigenvalue weighted by Crippen LogP contribution is -2.33. The van der Waals surface area contributed by atoms with Crippen LogP contribution in [0.2, 0.25) is 0 Å². The number of carbonyl (C=O) groups excluding carboxylic acids is 1. The summed E-state index contributed by atoms with van der Waals surface area (Å²) in [4.78, 5) is 39.5. The van der Waals surface area contributed by atoms with Crippen LogP contribution in [0.15, 0.2) is 47.4 Å². The summed E-state index contributed by atoms with van der Waals surface area (Å²) >= 11 is 0. The van der Waals surface area contributed by atoms with E-state index in [4.69, 9.17) is 10.7 Å². The Morgan fingerprint density at radius 2 is 2.07 bits per heavy atom. The predicted octanol–water partition coefficient (Wildman–Crippen LogP) is 1.55. The molecule has 8 heteroatoms. The van der Waals surface area contributed by atoms with E-state index < -0.39 is 0 Å². The second-order valence-corrected chi connectivity index (χ2v) is 6.77. The van der Waals surface area contributed by atoms with Crippen molar-refractivity contribution in [3.8, 4) is 11.4 Å². The van der Waals surface area contributed by atoms with Crippen LogP contribution < -0.4 is 16.6 Å². The van der Waals surface area contributed by atoms with E-state index in [2.05, 4.69) is 20.3 Å². The number of nitrogens with two attached hydrogens (primary N) is 1. The van der Waals surface area contributed by atoms with Crippen molar-refractivity contribution in [1.82, 2.24) is 25.3 Å². The smallest absolute Gasteiger partial charge is 0.252 e. The number of aromatic nitrogens is 4. The molecule has 4 N–H and O–H groups in total. The van der Waals surface area contributed by atoms with E-state index in [1.54, 1.807) is 6.20 Å². The van der Waals surface area contributed by atoms with Crippen molar-refractivity contribution in [2.75, 3.05) is 5.73 Å². The number of nitrogen functional groups attached to an aromatic ring is 1. The quantitative estimate of drug-likeness (QED) is 0.634. The van der Waals surface area contributed by atoms with Gasteiger partial charge in [-0.2, -0.15) is 0 Å². The van der Waals surface area contributed by atoms with E-state index in [9.17, 15) is 9.59 Å². The largest absolute Gasteiger partial charge is 0.369 e. The fourth-order valence-corrected chi connectivity index (χ4v) is 3.45. The fourth-order valence-electron chi connectivity index (χ4n) is 3.45. The van der Waals surface area contributed by atoms with Gasteiger partial charge in [0.15, 0.2) is 5.82 Å². The molecule has 1 unspecified atom stereocenters. The molecule has 0 aliphatic heterocycles. The van der Waals surface area contributed by atoms with Gasteiger partial charge in [-0.3, -0.25) is 14.6 Å². The molecule has 1 aliphatic carbocycles. The van der Waals surface area contributed by atoms with Crippen molar-refractivity contribution in [3.63, 3.8) is 0 Å². The van der Waals surface area contributed by atoms with Crippen molar-refractivity contribution in [1.29, 1.82) is 0 Å². The molecule has 1 aromatic carbocycles. The highest BCUT2D eigenvalue weighted by atomic mass is 16.1. The number of benzene rings is 1. The van der Waals surface area contributed by atoms with E-state index in [0.717, 1.165) is 36.1 Å². The molecule has 0 saturated heterocycles. The topological polar surface area (TPSA) is 127 Å². The monoisotopic (exact) mass is 376 g/mol. The maximum atomic E-state index is 12.5. The van der Waals surface area contributed by atoms with E-state index in [1.165, 1.54) is 6.07 Å². The van der Waals surface area contributed by atoms with Crippen LogP contribution >= 0.6 is 0 Å². The minimum atomic E-state index is -0.375. The first kappa shape index (κ1) is 17.8. The molecule has 2 aromatic heterocycles. The summed E-state index contributed by atoms with van der Waals surface area (Å²) < 4.78 is 0. The number of aromatic amines is 1. The normalized spacial score (nSPS) is 15.6. The van der Waals surface area contributed by atoms with Crippen LogP contribution in [0, 0.1) is 0 Å². The number of rotatable bonds is 4. The Morgan fingerprint density at radius 1 is 1.25 bits per heavy atom. The summed E-state index contributed by atoms with van der Waals surface area (Å²) in [6.45, 7) is 0. The first-order valence-corrected chi connectivity index (χ1v) is 9.15. The molecule has 142 valence electrons. The number of carbonyl (C=O) groups is 1. The van der Waals surface area contributed by atoms with Gasteiger partial charge in [0.25, 0.3) is 5.56 Å². The van der Waals surface area contributed by atoms with Gasteiger partial charge < -0.3 is 11.1 Å². The Labute approximate surface area is 161 Å². The Bertz CT molecular complexity index is 1060. The number of fused-ring (bicyclic) bond motifs is 1. The summed E-state index contributed by atoms with van der Waals surface area (Å²) in [5, 5.41) is 3.01. The van der Waals surface area contributed by atoms with Gasteiger partial charge in [0, 0.05) is 29.1 Å². The second-order valence-electron chi connectivity index (χ2n) is 6.77. The molecule has 1 amide bonds. The summed E-state index contributed by atoms with van der Waals surface area (Å²) in [6.07, 6.45) is 4.40. The number of nitrogens with one attached hydrogen (secondary N) is 2. The zero-order valence-corrected chi connectivity index (χ0v) is 15.2. The van der Waals surface area contributed by atoms with Crippen molar-refractivity contribution < 1.29 is 4.79 Å². The fraction of sp³-hybridized carbons (Fsp3) is 0.250. The number of hydrogen-bond donors (Lipinski definition) is 3. The number of anilines is 1. The maximum Gasteiger partial charge on any atom is 0.252 e. The minimum absolute atomic E-state index is 0.000142. The van der Waals surface area contributed by atoms with Crippen molar-refractivity contribution >= 4 is 11.9 Å². The van der Waals surface area contributed by atoms with Crippen LogP contribution in [0.25, 0.3) is 11.4 Å². The lowest BCUT2D eigenvalue weighted by Gasteiger charge is -2.25. The van der Waals surface area contributed by atoms with Gasteiger partial charge in [-0.15, -0.1) is 0 Å². The zero-order valence-electron chi connectivity index (χ0n) is 15.2. The lowest BCUT2D eigenvalue weighted by atomic mass is 9.92. The van der Waals surface area contributed by atoms with Gasteiger partial charge in [0.05, 0.1) is 18.2 Å². The number of H-pyrrole nitrogens is 1. The Kier molecular flexibility index (Phi) is 4.84. The van der Waals surface area contributed by atoms with Gasteiger partial charge in [-0.05, 0) is 19.3 Å². The average molecular weight is 376 g/mol. The lowest BCUT2D eigenvalue weighted by molar-refractivity contribution is -0.121. The van der Waals surface area contributed by atoms with Crippen molar-refractivity contribution in [2.24, 2.45) is 0 Å². The Morgan fingerprint density at radius 3 is 2.86 bits per heavy atom. The van der Waals surface area contributed by atoms with Crippen LogP contribution in [0.5, 0.6) is 0 Å². The summed E-state index contributed by atoms with van der Waals surface area (Å²) in [7, 11) is 0. The third kappa shape index (κ3) is 3.90. The molecule has 28 heavy (non-hydrogen) atoms. The van der Waals surface area contributed by atoms with Crippen molar-refractivity contribution in [3.05, 3.63) is 69.9 Å². The van der Waals surface area contributed by atoms with Gasteiger partial charge in [-0.25, -0.2) is 15.0 Å². The number of aryl methyl sites for hydroxylation is 1. The van der Waals surface area contributed by atoms with Crippen LogP contribution in [-0.2, 0) is 17.6 Å². The molecule has 1 atom stereocenters. The number of amides is 1. The first-order valence-electron chi connectivity index (χ1n) is 9.15. The molecule has 0 spiro atoms. The summed E-state index contributed by atoms with van der Waals surface area (Å²) in [6, 6.07) is 10.9. The SMILES string of the molecule is Nc1nc(CC(=O)NC2CCCc3nc(-c4ccccc4)ncc32)cc(=O)[nH]1. The van der Waals surface area contributed by atoms with Crippen LogP contribution in [0.3, 0.4) is 0 Å². The average Bonchev–Trinajstić information content (AvgIpc) is 2.67. The highest BCUT2D eigenvalue weighted by molar-refractivity contribution is 5.78. The molecule has 0 radical (unpaired) electrons. The first-order chi connectivity index (χ1) is 13.6. The van der Waals surface area contributed by atoms with Crippen LogP contribution in [-0.4, -0.2) is 25.8 Å². The van der Waals surface area contributed by atoms with Crippen LogP contribution in [0.1, 0.15) is 35.8 Å². The zero-order chi connectivity index (χ0) is 19.5. The van der Waals surface area contributed by atoms with Gasteiger partial charge >= 0.3 is 0 Å². The van der Waals surface area contributed by atoms with E-state index >= 15 is 0 Å². The third-order valence-electron chi connectivity index (χ3n) is 4.70. The maximum absolute atomic E-state index is 12.5. The molecule has 0 bridgehead atoms. The van der Waals surface area contributed by atoms with E-state index in [-0.39, 0.29) is 29.9 Å². The van der Waals surface area contributed by atoms with E-state index in [1.807, 2.05) is 30.3 Å². The third-order valence-corrected chi connectivity index (χ3v) is 4.70.